The van der Waals surface area contributed by atoms with Crippen LogP contribution in [0.15, 0.2) is 77.4 Å². The van der Waals surface area contributed by atoms with Gasteiger partial charge in [-0.15, -0.1) is 11.3 Å². The Morgan fingerprint density at radius 3 is 2.33 bits per heavy atom. The first-order valence-corrected chi connectivity index (χ1v) is 17.0. The maximum Gasteiger partial charge on any atom is 0.413 e. The Kier molecular flexibility index (Phi) is 10.1. The van der Waals surface area contributed by atoms with Crippen LogP contribution < -0.4 is 16.0 Å². The lowest BCUT2D eigenvalue weighted by atomic mass is 9.98. The van der Waals surface area contributed by atoms with Crippen molar-refractivity contribution in [3.63, 3.8) is 0 Å². The van der Waals surface area contributed by atoms with Gasteiger partial charge in [0.2, 0.25) is 11.5 Å². The number of carbonyl (C=O) groups excluding carboxylic acids is 4. The number of benzene rings is 2. The quantitative estimate of drug-likeness (QED) is 0.0685. The molecule has 3 amide bonds. The maximum atomic E-state index is 13.8. The number of esters is 1. The van der Waals surface area contributed by atoms with E-state index in [4.69, 9.17) is 14.3 Å². The third-order valence-corrected chi connectivity index (χ3v) is 8.55. The lowest BCUT2D eigenvalue weighted by Gasteiger charge is -2.36. The number of carbonyl (C=O) groups is 4. The number of aliphatic hydroxyl groups excluding tert-OH is 1. The van der Waals surface area contributed by atoms with Crippen LogP contribution in [0.25, 0.3) is 0 Å². The van der Waals surface area contributed by atoms with Crippen molar-refractivity contribution in [2.24, 2.45) is 5.16 Å². The molecule has 2 atom stereocenters. The number of hydrogen-bond acceptors (Lipinski definition) is 13. The Labute approximate surface area is 296 Å². The van der Waals surface area contributed by atoms with Gasteiger partial charge in [-0.1, -0.05) is 65.8 Å². The zero-order chi connectivity index (χ0) is 36.2. The molecular weight excluding hydrogens is 680 g/mol. The van der Waals surface area contributed by atoms with E-state index in [2.05, 4.69) is 36.3 Å². The standard InChI is InChI=1S/C34H36N8O8S/c1-33(2,3)49-32(47)39-31-37-24(19-51-31)26(29(45)38-25-23(36-28(25)44)17-42-35-16-22(18-43)40-42)41-50-34(14-15-34)30(46)48-27(20-10-6-4-7-11-20)21-12-8-5-9-13-21/h4-13,16,19,23,25,27,43H,14-15,17-18H2,1-3H3,(H,36,44)(H,38,45)(H,37,39,47)/t23-,25+/m1/s1. The predicted octanol–water partition coefficient (Wildman–Crippen LogP) is 2.84. The summed E-state index contributed by atoms with van der Waals surface area (Å²) in [5.41, 5.74) is -0.694. The van der Waals surface area contributed by atoms with Crippen LogP contribution in [0.1, 0.15) is 62.2 Å². The Morgan fingerprint density at radius 2 is 1.76 bits per heavy atom. The molecule has 2 aliphatic rings. The number of hydrogen-bond donors (Lipinski definition) is 4. The number of aromatic nitrogens is 4. The highest BCUT2D eigenvalue weighted by molar-refractivity contribution is 7.14. The highest BCUT2D eigenvalue weighted by Crippen LogP contribution is 2.43. The van der Waals surface area contributed by atoms with Crippen molar-refractivity contribution in [2.45, 2.75) is 76.2 Å². The topological polar surface area (TPSA) is 208 Å². The highest BCUT2D eigenvalue weighted by Gasteiger charge is 2.56. The fourth-order valence-electron chi connectivity index (χ4n) is 5.05. The molecule has 16 nitrogen and oxygen atoms in total. The molecule has 1 saturated heterocycles. The molecule has 2 aromatic heterocycles. The van der Waals surface area contributed by atoms with Crippen molar-refractivity contribution in [3.05, 3.63) is 94.8 Å². The summed E-state index contributed by atoms with van der Waals surface area (Å²) in [5.74, 6) is -1.94. The molecule has 266 valence electrons. The van der Waals surface area contributed by atoms with Crippen molar-refractivity contribution in [2.75, 3.05) is 5.32 Å². The van der Waals surface area contributed by atoms with E-state index in [0.717, 1.165) is 22.5 Å². The van der Waals surface area contributed by atoms with Gasteiger partial charge >= 0.3 is 12.1 Å². The van der Waals surface area contributed by atoms with E-state index in [1.54, 1.807) is 20.8 Å². The average Bonchev–Trinajstić information content (AvgIpc) is 3.52. The third kappa shape index (κ3) is 8.56. The van der Waals surface area contributed by atoms with E-state index in [9.17, 15) is 24.3 Å². The van der Waals surface area contributed by atoms with E-state index in [0.29, 0.717) is 5.69 Å². The molecule has 51 heavy (non-hydrogen) atoms. The summed E-state index contributed by atoms with van der Waals surface area (Å²) in [7, 11) is 0. The van der Waals surface area contributed by atoms with Gasteiger partial charge in [0.25, 0.3) is 5.91 Å². The minimum Gasteiger partial charge on any atom is -0.450 e. The van der Waals surface area contributed by atoms with Crippen LogP contribution in [-0.4, -0.2) is 78.0 Å². The molecule has 17 heteroatoms. The first-order valence-electron chi connectivity index (χ1n) is 16.1. The summed E-state index contributed by atoms with van der Waals surface area (Å²) < 4.78 is 11.3. The molecule has 4 N–H and O–H groups in total. The molecule has 0 spiro atoms. The third-order valence-electron chi connectivity index (χ3n) is 7.79. The molecule has 0 bridgehead atoms. The van der Waals surface area contributed by atoms with Gasteiger partial charge < -0.3 is 30.1 Å². The zero-order valence-corrected chi connectivity index (χ0v) is 28.8. The molecule has 6 rings (SSSR count). The van der Waals surface area contributed by atoms with Gasteiger partial charge in [0.15, 0.2) is 16.9 Å². The molecule has 3 heterocycles. The summed E-state index contributed by atoms with van der Waals surface area (Å²) in [6.07, 6.45) is 0.479. The van der Waals surface area contributed by atoms with Crippen LogP contribution in [0, 0.1) is 0 Å². The number of amides is 3. The minimum atomic E-state index is -1.46. The number of β-lactam (4-membered cyclic amide) rings is 1. The van der Waals surface area contributed by atoms with Gasteiger partial charge in [-0.2, -0.15) is 15.0 Å². The summed E-state index contributed by atoms with van der Waals surface area (Å²) in [6, 6.07) is 17.0. The second kappa shape index (κ2) is 14.7. The van der Waals surface area contributed by atoms with Crippen molar-refractivity contribution in [3.8, 4) is 0 Å². The van der Waals surface area contributed by atoms with Gasteiger partial charge in [-0.25, -0.2) is 14.6 Å². The molecule has 0 radical (unpaired) electrons. The summed E-state index contributed by atoms with van der Waals surface area (Å²) in [5, 5.41) is 31.1. The molecule has 1 aliphatic heterocycles. The van der Waals surface area contributed by atoms with Crippen LogP contribution in [0.2, 0.25) is 0 Å². The van der Waals surface area contributed by atoms with E-state index < -0.39 is 53.3 Å². The Morgan fingerprint density at radius 1 is 1.10 bits per heavy atom. The zero-order valence-electron chi connectivity index (χ0n) is 27.9. The van der Waals surface area contributed by atoms with Gasteiger partial charge in [0.1, 0.15) is 23.0 Å². The Balaban J connectivity index is 1.22. The van der Waals surface area contributed by atoms with E-state index in [1.807, 2.05) is 60.7 Å². The van der Waals surface area contributed by atoms with Crippen LogP contribution in [-0.2, 0) is 41.8 Å². The number of oxime groups is 1. The van der Waals surface area contributed by atoms with Crippen molar-refractivity contribution < 1.29 is 38.6 Å². The number of nitrogens with one attached hydrogen (secondary N) is 3. The molecule has 4 aromatic rings. The normalized spacial score (nSPS) is 17.9. The summed E-state index contributed by atoms with van der Waals surface area (Å²) in [4.78, 5) is 63.9. The minimum absolute atomic E-state index is 0.0109. The van der Waals surface area contributed by atoms with E-state index in [1.165, 1.54) is 16.4 Å². The summed E-state index contributed by atoms with van der Waals surface area (Å²) in [6.45, 7) is 4.95. The largest absolute Gasteiger partial charge is 0.450 e. The van der Waals surface area contributed by atoms with Gasteiger partial charge in [0.05, 0.1) is 25.4 Å². The second-order valence-corrected chi connectivity index (χ2v) is 13.8. The van der Waals surface area contributed by atoms with E-state index in [-0.39, 0.29) is 42.5 Å². The lowest BCUT2D eigenvalue weighted by Crippen LogP contribution is -2.70. The van der Waals surface area contributed by atoms with Gasteiger partial charge in [0, 0.05) is 18.2 Å². The fraction of sp³-hybridized carbons (Fsp3) is 0.353. The van der Waals surface area contributed by atoms with Crippen LogP contribution in [0.4, 0.5) is 9.93 Å². The predicted molar refractivity (Wildman–Crippen MR) is 182 cm³/mol. The fourth-order valence-corrected chi connectivity index (χ4v) is 5.73. The Bertz CT molecular complexity index is 1880. The average molecular weight is 717 g/mol. The molecule has 2 aromatic carbocycles. The number of thiazole rings is 1. The number of nitrogens with zero attached hydrogens (tertiary/aromatic N) is 5. The number of rotatable bonds is 13. The highest BCUT2D eigenvalue weighted by atomic mass is 32.1. The van der Waals surface area contributed by atoms with E-state index >= 15 is 0 Å². The number of ether oxygens (including phenoxy) is 2. The molecule has 1 aliphatic carbocycles. The molecule has 0 unspecified atom stereocenters. The van der Waals surface area contributed by atoms with Crippen molar-refractivity contribution >= 4 is 46.1 Å². The van der Waals surface area contributed by atoms with Crippen LogP contribution >= 0.6 is 11.3 Å². The molecule has 1 saturated carbocycles. The second-order valence-electron chi connectivity index (χ2n) is 12.9. The Hall–Kier alpha value is -5.68. The van der Waals surface area contributed by atoms with Crippen molar-refractivity contribution in [1.82, 2.24) is 30.6 Å². The maximum absolute atomic E-state index is 13.8. The van der Waals surface area contributed by atoms with Crippen LogP contribution in [0.5, 0.6) is 0 Å². The molecular formula is C34H36N8O8S. The first kappa shape index (κ1) is 35.2. The van der Waals surface area contributed by atoms with Crippen LogP contribution in [0.3, 0.4) is 0 Å². The van der Waals surface area contributed by atoms with Gasteiger partial charge in [-0.3, -0.25) is 14.9 Å². The number of anilines is 1. The van der Waals surface area contributed by atoms with Gasteiger partial charge in [-0.05, 0) is 31.9 Å². The smallest absolute Gasteiger partial charge is 0.413 e. The van der Waals surface area contributed by atoms with Crippen molar-refractivity contribution in [1.29, 1.82) is 0 Å². The SMILES string of the molecule is CC(C)(C)OC(=O)Nc1nc(C(=NOC2(C(=O)OC(c3ccccc3)c3ccccc3)CC2)C(=O)N[C@@H]2C(=O)N[C@@H]2Cn2ncc(CO)n2)cs1. The monoisotopic (exact) mass is 716 g/mol. The summed E-state index contributed by atoms with van der Waals surface area (Å²) >= 11 is 1.00. The lowest BCUT2D eigenvalue weighted by molar-refractivity contribution is -0.164. The number of aliphatic hydroxyl groups is 1. The molecule has 2 fully saturated rings. The first-order chi connectivity index (χ1) is 24.4.